The minimum Gasteiger partial charge on any atom is -0.492 e. The summed E-state index contributed by atoms with van der Waals surface area (Å²) in [4.78, 5) is 4.23. The van der Waals surface area contributed by atoms with Crippen LogP contribution in [0, 0.1) is 0 Å². The Balaban J connectivity index is 2.24. The van der Waals surface area contributed by atoms with E-state index in [1.54, 1.807) is 6.20 Å². The van der Waals surface area contributed by atoms with Crippen LogP contribution in [0.5, 0.6) is 5.75 Å². The van der Waals surface area contributed by atoms with Gasteiger partial charge in [-0.1, -0.05) is 37.3 Å². The largest absolute Gasteiger partial charge is 0.492 e. The van der Waals surface area contributed by atoms with E-state index >= 15 is 0 Å². The smallest absolute Gasteiger partial charge is 0.137 e. The number of benzene rings is 1. The molecule has 0 aliphatic heterocycles. The lowest BCUT2D eigenvalue weighted by molar-refractivity contribution is 0.338. The first-order valence-electron chi connectivity index (χ1n) is 7.14. The molecule has 1 aromatic carbocycles. The second kappa shape index (κ2) is 7.06. The van der Waals surface area contributed by atoms with E-state index in [9.17, 15) is 0 Å². The number of ether oxygens (including phenoxy) is 1. The molecular weight excluding hydrogens is 248 g/mol. The Bertz CT molecular complexity index is 528. The van der Waals surface area contributed by atoms with Crippen molar-refractivity contribution in [3.8, 4) is 5.75 Å². The monoisotopic (exact) mass is 270 g/mol. The summed E-state index contributed by atoms with van der Waals surface area (Å²) in [6, 6.07) is 12.3. The Kier molecular flexibility index (Phi) is 5.13. The Morgan fingerprint density at radius 2 is 1.85 bits per heavy atom. The normalized spacial score (nSPS) is 13.8. The molecule has 3 nitrogen and oxygen atoms in total. The maximum atomic E-state index is 6.45. The summed E-state index contributed by atoms with van der Waals surface area (Å²) in [5, 5.41) is 0. The van der Waals surface area contributed by atoms with Crippen LogP contribution in [-0.2, 0) is 0 Å². The molecule has 106 valence electrons. The molecular formula is C17H22N2O. The molecule has 20 heavy (non-hydrogen) atoms. The second-order valence-electron chi connectivity index (χ2n) is 4.84. The summed E-state index contributed by atoms with van der Waals surface area (Å²) in [6.07, 6.45) is 4.55. The van der Waals surface area contributed by atoms with Gasteiger partial charge in [-0.2, -0.15) is 0 Å². The van der Waals surface area contributed by atoms with Crippen LogP contribution in [0.2, 0.25) is 0 Å². The van der Waals surface area contributed by atoms with Crippen LogP contribution in [-0.4, -0.2) is 11.6 Å². The van der Waals surface area contributed by atoms with Crippen LogP contribution in [0.15, 0.2) is 48.8 Å². The van der Waals surface area contributed by atoms with Gasteiger partial charge in [0.1, 0.15) is 5.75 Å². The van der Waals surface area contributed by atoms with Crippen molar-refractivity contribution in [2.24, 2.45) is 5.73 Å². The minimum atomic E-state index is -0.0738. The number of hydrogen-bond acceptors (Lipinski definition) is 3. The molecule has 1 aromatic heterocycles. The van der Waals surface area contributed by atoms with Crippen molar-refractivity contribution in [3.05, 3.63) is 59.9 Å². The summed E-state index contributed by atoms with van der Waals surface area (Å²) in [7, 11) is 0. The molecule has 2 N–H and O–H groups in total. The second-order valence-corrected chi connectivity index (χ2v) is 4.84. The van der Waals surface area contributed by atoms with Gasteiger partial charge in [-0.15, -0.1) is 0 Å². The molecule has 2 rings (SSSR count). The summed E-state index contributed by atoms with van der Waals surface area (Å²) < 4.78 is 5.50. The first kappa shape index (κ1) is 14.5. The van der Waals surface area contributed by atoms with E-state index in [4.69, 9.17) is 10.5 Å². The van der Waals surface area contributed by atoms with Crippen molar-refractivity contribution in [1.82, 2.24) is 4.98 Å². The zero-order valence-corrected chi connectivity index (χ0v) is 12.1. The molecule has 0 aliphatic rings. The number of pyridine rings is 1. The quantitative estimate of drug-likeness (QED) is 0.871. The van der Waals surface area contributed by atoms with Gasteiger partial charge in [0.15, 0.2) is 0 Å². The lowest BCUT2D eigenvalue weighted by atomic mass is 9.86. The highest BCUT2D eigenvalue weighted by atomic mass is 16.5. The van der Waals surface area contributed by atoms with Crippen LogP contribution in [0.1, 0.15) is 43.4 Å². The van der Waals surface area contributed by atoms with E-state index in [2.05, 4.69) is 36.2 Å². The lowest BCUT2D eigenvalue weighted by Gasteiger charge is -2.23. The van der Waals surface area contributed by atoms with Gasteiger partial charge >= 0.3 is 0 Å². The first-order valence-corrected chi connectivity index (χ1v) is 7.14. The van der Waals surface area contributed by atoms with Gasteiger partial charge in [0, 0.05) is 18.2 Å². The summed E-state index contributed by atoms with van der Waals surface area (Å²) in [6.45, 7) is 4.76. The van der Waals surface area contributed by atoms with Crippen LogP contribution in [0.3, 0.4) is 0 Å². The van der Waals surface area contributed by atoms with Crippen molar-refractivity contribution >= 4 is 0 Å². The van der Waals surface area contributed by atoms with Gasteiger partial charge in [-0.05, 0) is 30.5 Å². The van der Waals surface area contributed by atoms with Crippen LogP contribution in [0.4, 0.5) is 0 Å². The summed E-state index contributed by atoms with van der Waals surface area (Å²) in [5.41, 5.74) is 8.74. The Morgan fingerprint density at radius 3 is 2.50 bits per heavy atom. The van der Waals surface area contributed by atoms with E-state index in [0.717, 1.165) is 17.7 Å². The molecule has 2 atom stereocenters. The predicted molar refractivity (Wildman–Crippen MR) is 81.8 cm³/mol. The van der Waals surface area contributed by atoms with Gasteiger partial charge in [0.2, 0.25) is 0 Å². The molecule has 0 radical (unpaired) electrons. The number of nitrogens with zero attached hydrogens (tertiary/aromatic N) is 1. The van der Waals surface area contributed by atoms with E-state index in [1.807, 2.05) is 25.3 Å². The molecule has 0 fully saturated rings. The molecule has 0 amide bonds. The molecule has 2 unspecified atom stereocenters. The molecule has 0 bridgehead atoms. The number of aromatic nitrogens is 1. The highest BCUT2D eigenvalue weighted by molar-refractivity contribution is 5.30. The Morgan fingerprint density at radius 1 is 1.10 bits per heavy atom. The van der Waals surface area contributed by atoms with E-state index in [-0.39, 0.29) is 12.0 Å². The first-order chi connectivity index (χ1) is 9.76. The van der Waals surface area contributed by atoms with E-state index in [0.29, 0.717) is 6.61 Å². The average Bonchev–Trinajstić information content (AvgIpc) is 2.50. The van der Waals surface area contributed by atoms with E-state index < -0.39 is 0 Å². The molecule has 0 saturated heterocycles. The van der Waals surface area contributed by atoms with Crippen molar-refractivity contribution in [2.45, 2.75) is 32.2 Å². The standard InChI is InChI=1S/C17H22N2O/c1-3-16(13-8-6-5-7-9-13)17(18)14-10-15(20-4-2)12-19-11-14/h5-12,16-17H,3-4,18H2,1-2H3. The van der Waals surface area contributed by atoms with Gasteiger partial charge < -0.3 is 10.5 Å². The maximum Gasteiger partial charge on any atom is 0.137 e. The number of rotatable bonds is 6. The van der Waals surface area contributed by atoms with Crippen LogP contribution in [0.25, 0.3) is 0 Å². The predicted octanol–water partition coefficient (Wildman–Crippen LogP) is 3.67. The van der Waals surface area contributed by atoms with Crippen LogP contribution >= 0.6 is 0 Å². The average molecular weight is 270 g/mol. The maximum absolute atomic E-state index is 6.45. The Labute approximate surface area is 120 Å². The van der Waals surface area contributed by atoms with E-state index in [1.165, 1.54) is 5.56 Å². The molecule has 1 heterocycles. The number of nitrogens with two attached hydrogens (primary N) is 1. The van der Waals surface area contributed by atoms with Crippen molar-refractivity contribution < 1.29 is 4.74 Å². The van der Waals surface area contributed by atoms with Crippen molar-refractivity contribution in [2.75, 3.05) is 6.61 Å². The molecule has 0 saturated carbocycles. The Hall–Kier alpha value is -1.87. The fourth-order valence-electron chi connectivity index (χ4n) is 2.49. The molecule has 2 aromatic rings. The van der Waals surface area contributed by atoms with Crippen molar-refractivity contribution in [1.29, 1.82) is 0 Å². The molecule has 3 heteroatoms. The SMILES string of the molecule is CCOc1cncc(C(N)C(CC)c2ccccc2)c1. The third-order valence-corrected chi connectivity index (χ3v) is 3.53. The van der Waals surface area contributed by atoms with Gasteiger partial charge in [-0.3, -0.25) is 4.98 Å². The van der Waals surface area contributed by atoms with Gasteiger partial charge in [0.25, 0.3) is 0 Å². The fraction of sp³-hybridized carbons (Fsp3) is 0.353. The van der Waals surface area contributed by atoms with Crippen molar-refractivity contribution in [3.63, 3.8) is 0 Å². The van der Waals surface area contributed by atoms with Gasteiger partial charge in [-0.25, -0.2) is 0 Å². The fourth-order valence-corrected chi connectivity index (χ4v) is 2.49. The number of hydrogen-bond donors (Lipinski definition) is 1. The third-order valence-electron chi connectivity index (χ3n) is 3.53. The zero-order valence-electron chi connectivity index (χ0n) is 12.1. The molecule has 0 spiro atoms. The van der Waals surface area contributed by atoms with Gasteiger partial charge in [0.05, 0.1) is 12.8 Å². The third kappa shape index (κ3) is 3.36. The topological polar surface area (TPSA) is 48.1 Å². The highest BCUT2D eigenvalue weighted by Gasteiger charge is 2.20. The summed E-state index contributed by atoms with van der Waals surface area (Å²) >= 11 is 0. The highest BCUT2D eigenvalue weighted by Crippen LogP contribution is 2.32. The van der Waals surface area contributed by atoms with Crippen LogP contribution < -0.4 is 10.5 Å². The lowest BCUT2D eigenvalue weighted by Crippen LogP contribution is -2.19. The summed E-state index contributed by atoms with van der Waals surface area (Å²) in [5.74, 6) is 1.07. The minimum absolute atomic E-state index is 0.0738. The zero-order chi connectivity index (χ0) is 14.4. The molecule has 0 aliphatic carbocycles.